The summed E-state index contributed by atoms with van der Waals surface area (Å²) in [6.45, 7) is 4.25. The lowest BCUT2D eigenvalue weighted by Crippen LogP contribution is -2.01. The van der Waals surface area contributed by atoms with E-state index in [1.807, 2.05) is 49.4 Å². The van der Waals surface area contributed by atoms with Crippen LogP contribution in [0.15, 0.2) is 46.9 Å². The fraction of sp³-hybridized carbons (Fsp3) is 0.250. The molecule has 1 atom stereocenters. The molecule has 0 saturated carbocycles. The van der Waals surface area contributed by atoms with E-state index >= 15 is 0 Å². The molecule has 0 aliphatic heterocycles. The van der Waals surface area contributed by atoms with Gasteiger partial charge >= 0.3 is 0 Å². The maximum atomic E-state index is 9.75. The molecule has 2 aromatic rings. The van der Waals surface area contributed by atoms with E-state index in [0.29, 0.717) is 6.61 Å². The van der Waals surface area contributed by atoms with Crippen LogP contribution in [0.5, 0.6) is 5.75 Å². The van der Waals surface area contributed by atoms with Crippen molar-refractivity contribution in [3.63, 3.8) is 0 Å². The quantitative estimate of drug-likeness (QED) is 0.905. The second kappa shape index (κ2) is 6.22. The van der Waals surface area contributed by atoms with Crippen molar-refractivity contribution in [1.82, 2.24) is 0 Å². The van der Waals surface area contributed by atoms with Crippen molar-refractivity contribution >= 4 is 15.9 Å². The Balaban J connectivity index is 2.17. The Kier molecular flexibility index (Phi) is 4.61. The van der Waals surface area contributed by atoms with Crippen molar-refractivity contribution in [3.05, 3.63) is 63.6 Å². The third-order valence-electron chi connectivity index (χ3n) is 2.90. The SMILES string of the molecule is Cc1ccc(C(C)O)c(OCc2cccc(Br)c2)c1. The molecule has 0 spiro atoms. The number of hydrogen-bond acceptors (Lipinski definition) is 2. The Labute approximate surface area is 122 Å². The maximum absolute atomic E-state index is 9.75. The van der Waals surface area contributed by atoms with Crippen LogP contribution in [0.1, 0.15) is 29.7 Å². The Hall–Kier alpha value is -1.32. The van der Waals surface area contributed by atoms with Gasteiger partial charge in [0.15, 0.2) is 0 Å². The van der Waals surface area contributed by atoms with Crippen molar-refractivity contribution in [2.24, 2.45) is 0 Å². The maximum Gasteiger partial charge on any atom is 0.125 e. The van der Waals surface area contributed by atoms with Crippen LogP contribution in [0.3, 0.4) is 0 Å². The molecule has 0 saturated heterocycles. The highest BCUT2D eigenvalue weighted by Crippen LogP contribution is 2.27. The Morgan fingerprint density at radius 2 is 2.00 bits per heavy atom. The minimum Gasteiger partial charge on any atom is -0.489 e. The van der Waals surface area contributed by atoms with Crippen molar-refractivity contribution in [3.8, 4) is 5.75 Å². The van der Waals surface area contributed by atoms with Crippen molar-refractivity contribution in [2.75, 3.05) is 0 Å². The molecule has 2 rings (SSSR count). The second-order valence-electron chi connectivity index (χ2n) is 4.64. The first-order valence-electron chi connectivity index (χ1n) is 6.22. The van der Waals surface area contributed by atoms with E-state index in [0.717, 1.165) is 26.9 Å². The van der Waals surface area contributed by atoms with Crippen molar-refractivity contribution in [1.29, 1.82) is 0 Å². The third kappa shape index (κ3) is 3.82. The normalized spacial score (nSPS) is 12.2. The fourth-order valence-corrected chi connectivity index (χ4v) is 2.35. The zero-order valence-electron chi connectivity index (χ0n) is 11.1. The summed E-state index contributed by atoms with van der Waals surface area (Å²) in [5.74, 6) is 0.745. The van der Waals surface area contributed by atoms with E-state index in [9.17, 15) is 5.11 Å². The number of hydrogen-bond donors (Lipinski definition) is 1. The highest BCUT2D eigenvalue weighted by molar-refractivity contribution is 9.10. The number of halogens is 1. The number of benzene rings is 2. The molecule has 1 N–H and O–H groups in total. The van der Waals surface area contributed by atoms with Gasteiger partial charge in [0.1, 0.15) is 12.4 Å². The Morgan fingerprint density at radius 3 is 2.68 bits per heavy atom. The molecule has 0 aliphatic carbocycles. The Morgan fingerprint density at radius 1 is 1.21 bits per heavy atom. The average Bonchev–Trinajstić information content (AvgIpc) is 2.36. The van der Waals surface area contributed by atoms with E-state index in [1.165, 1.54) is 0 Å². The van der Waals surface area contributed by atoms with Gasteiger partial charge in [-0.2, -0.15) is 0 Å². The lowest BCUT2D eigenvalue weighted by molar-refractivity contribution is 0.190. The predicted octanol–water partition coefficient (Wildman–Crippen LogP) is 4.39. The van der Waals surface area contributed by atoms with Gasteiger partial charge in [-0.15, -0.1) is 0 Å². The van der Waals surface area contributed by atoms with Crippen LogP contribution in [0.4, 0.5) is 0 Å². The molecule has 0 heterocycles. The zero-order chi connectivity index (χ0) is 13.8. The minimum absolute atomic E-state index is 0.489. The molecule has 0 radical (unpaired) electrons. The van der Waals surface area contributed by atoms with Gasteiger partial charge < -0.3 is 9.84 Å². The highest BCUT2D eigenvalue weighted by Gasteiger charge is 2.09. The topological polar surface area (TPSA) is 29.5 Å². The molecule has 2 nitrogen and oxygen atoms in total. The molecule has 0 bridgehead atoms. The average molecular weight is 321 g/mol. The first kappa shape index (κ1) is 14.1. The molecule has 2 aromatic carbocycles. The lowest BCUT2D eigenvalue weighted by Gasteiger charge is -2.14. The Bertz CT molecular complexity index is 564. The summed E-state index contributed by atoms with van der Waals surface area (Å²) in [4.78, 5) is 0. The molecule has 0 aromatic heterocycles. The van der Waals surface area contributed by atoms with Crippen LogP contribution in [-0.2, 0) is 6.61 Å². The summed E-state index contributed by atoms with van der Waals surface area (Å²) < 4.78 is 6.88. The molecular formula is C16H17BrO2. The molecule has 3 heteroatoms. The van der Waals surface area contributed by atoms with Gasteiger partial charge in [-0.1, -0.05) is 40.2 Å². The highest BCUT2D eigenvalue weighted by atomic mass is 79.9. The number of ether oxygens (including phenoxy) is 1. The van der Waals surface area contributed by atoms with E-state index in [1.54, 1.807) is 6.92 Å². The molecule has 1 unspecified atom stereocenters. The largest absolute Gasteiger partial charge is 0.489 e. The smallest absolute Gasteiger partial charge is 0.125 e. The first-order valence-corrected chi connectivity index (χ1v) is 7.01. The van der Waals surface area contributed by atoms with Gasteiger partial charge in [0.05, 0.1) is 6.10 Å². The molecule has 0 aliphatic rings. The second-order valence-corrected chi connectivity index (χ2v) is 5.55. The summed E-state index contributed by atoms with van der Waals surface area (Å²) in [6, 6.07) is 13.9. The molecule has 19 heavy (non-hydrogen) atoms. The van der Waals surface area contributed by atoms with Crippen LogP contribution in [0.2, 0.25) is 0 Å². The minimum atomic E-state index is -0.530. The van der Waals surface area contributed by atoms with E-state index in [-0.39, 0.29) is 0 Å². The summed E-state index contributed by atoms with van der Waals surface area (Å²) in [7, 11) is 0. The van der Waals surface area contributed by atoms with Gasteiger partial charge in [-0.3, -0.25) is 0 Å². The summed E-state index contributed by atoms with van der Waals surface area (Å²) in [5, 5.41) is 9.75. The van der Waals surface area contributed by atoms with Gasteiger partial charge in [0, 0.05) is 10.0 Å². The number of aliphatic hydroxyl groups is 1. The zero-order valence-corrected chi connectivity index (χ0v) is 12.6. The van der Waals surface area contributed by atoms with Crippen molar-refractivity contribution < 1.29 is 9.84 Å². The van der Waals surface area contributed by atoms with Crippen LogP contribution < -0.4 is 4.74 Å². The molecular weight excluding hydrogens is 304 g/mol. The first-order chi connectivity index (χ1) is 9.06. The predicted molar refractivity (Wildman–Crippen MR) is 80.3 cm³/mol. The van der Waals surface area contributed by atoms with Crippen molar-refractivity contribution in [2.45, 2.75) is 26.6 Å². The molecule has 0 fully saturated rings. The standard InChI is InChI=1S/C16H17BrO2/c1-11-6-7-15(12(2)18)16(8-11)19-10-13-4-3-5-14(17)9-13/h3-9,12,18H,10H2,1-2H3. The van der Waals surface area contributed by atoms with Crippen LogP contribution in [0, 0.1) is 6.92 Å². The van der Waals surface area contributed by atoms with Crippen LogP contribution in [-0.4, -0.2) is 5.11 Å². The summed E-state index contributed by atoms with van der Waals surface area (Å²) in [6.07, 6.45) is -0.530. The van der Waals surface area contributed by atoms with Gasteiger partial charge in [0.2, 0.25) is 0 Å². The van der Waals surface area contributed by atoms with Gasteiger partial charge in [-0.25, -0.2) is 0 Å². The van der Waals surface area contributed by atoms with Gasteiger partial charge in [-0.05, 0) is 43.2 Å². The number of aliphatic hydroxyl groups excluding tert-OH is 1. The monoisotopic (exact) mass is 320 g/mol. The summed E-state index contributed by atoms with van der Waals surface area (Å²) in [5.41, 5.74) is 3.03. The van der Waals surface area contributed by atoms with Crippen LogP contribution in [0.25, 0.3) is 0 Å². The molecule has 100 valence electrons. The number of aryl methyl sites for hydroxylation is 1. The third-order valence-corrected chi connectivity index (χ3v) is 3.40. The lowest BCUT2D eigenvalue weighted by atomic mass is 10.1. The number of rotatable bonds is 4. The van der Waals surface area contributed by atoms with E-state index in [4.69, 9.17) is 4.74 Å². The summed E-state index contributed by atoms with van der Waals surface area (Å²) >= 11 is 3.44. The molecule has 0 amide bonds. The fourth-order valence-electron chi connectivity index (χ4n) is 1.90. The van der Waals surface area contributed by atoms with E-state index < -0.39 is 6.10 Å². The van der Waals surface area contributed by atoms with Crippen LogP contribution >= 0.6 is 15.9 Å². The van der Waals surface area contributed by atoms with Gasteiger partial charge in [0.25, 0.3) is 0 Å². The van der Waals surface area contributed by atoms with E-state index in [2.05, 4.69) is 15.9 Å².